The van der Waals surface area contributed by atoms with Crippen LogP contribution in [0.1, 0.15) is 35.9 Å². The van der Waals surface area contributed by atoms with Crippen LogP contribution < -0.4 is 16.4 Å². The van der Waals surface area contributed by atoms with Gasteiger partial charge < -0.3 is 16.4 Å². The minimum Gasteiger partial charge on any atom is -0.382 e. The lowest BCUT2D eigenvalue weighted by Crippen LogP contribution is -2.24. The minimum absolute atomic E-state index is 0.121. The van der Waals surface area contributed by atoms with Gasteiger partial charge in [-0.15, -0.1) is 0 Å². The minimum atomic E-state index is -0.121. The monoisotopic (exact) mass is 302 g/mol. The molecule has 1 aromatic heterocycles. The van der Waals surface area contributed by atoms with E-state index in [1.165, 1.54) is 23.5 Å². The summed E-state index contributed by atoms with van der Waals surface area (Å²) in [6.07, 6.45) is 5.45. The highest BCUT2D eigenvalue weighted by Gasteiger charge is 2.15. The smallest absolute Gasteiger partial charge is 0.265 e. The lowest BCUT2D eigenvalue weighted by Gasteiger charge is -2.03. The number of nitrogens with one attached hydrogen (secondary N) is 2. The third-order valence-corrected chi connectivity index (χ3v) is 4.22. The Kier molecular flexibility index (Phi) is 7.66. The molecule has 0 saturated carbocycles. The van der Waals surface area contributed by atoms with Crippen LogP contribution in [0.15, 0.2) is 0 Å². The number of anilines is 2. The third kappa shape index (κ3) is 5.69. The van der Waals surface area contributed by atoms with E-state index in [0.29, 0.717) is 22.4 Å². The Morgan fingerprint density at radius 3 is 2.89 bits per heavy atom. The zero-order valence-electron chi connectivity index (χ0n) is 11.5. The molecule has 1 aromatic rings. The predicted molar refractivity (Wildman–Crippen MR) is 85.3 cm³/mol. The van der Waals surface area contributed by atoms with Gasteiger partial charge in [0.1, 0.15) is 10.7 Å². The SMILES string of the molecule is CCNc1nc(N)c(C(=O)NCCCCCSC)s1. The van der Waals surface area contributed by atoms with Crippen LogP contribution in [0.4, 0.5) is 10.9 Å². The number of aromatic nitrogens is 1. The molecule has 1 amide bonds. The molecular formula is C12H22N4OS2. The number of nitrogens with zero attached hydrogens (tertiary/aromatic N) is 1. The van der Waals surface area contributed by atoms with Gasteiger partial charge in [0, 0.05) is 13.1 Å². The summed E-state index contributed by atoms with van der Waals surface area (Å²) in [6.45, 7) is 3.44. The number of hydrogen-bond donors (Lipinski definition) is 3. The first-order valence-corrected chi connectivity index (χ1v) is 8.67. The number of nitrogen functional groups attached to an aromatic ring is 1. The Hall–Kier alpha value is -0.950. The van der Waals surface area contributed by atoms with E-state index in [4.69, 9.17) is 5.73 Å². The molecule has 0 aliphatic rings. The topological polar surface area (TPSA) is 80.0 Å². The Morgan fingerprint density at radius 2 is 2.21 bits per heavy atom. The van der Waals surface area contributed by atoms with Crippen LogP contribution in [0.25, 0.3) is 0 Å². The van der Waals surface area contributed by atoms with Crippen molar-refractivity contribution in [1.82, 2.24) is 10.3 Å². The zero-order valence-corrected chi connectivity index (χ0v) is 13.1. The molecule has 0 aliphatic heterocycles. The quantitative estimate of drug-likeness (QED) is 0.610. The van der Waals surface area contributed by atoms with Crippen molar-refractivity contribution in [2.24, 2.45) is 0 Å². The van der Waals surface area contributed by atoms with Gasteiger partial charge in [0.05, 0.1) is 0 Å². The van der Waals surface area contributed by atoms with Crippen molar-refractivity contribution in [3.63, 3.8) is 0 Å². The normalized spacial score (nSPS) is 10.4. The third-order valence-electron chi connectivity index (χ3n) is 2.50. The molecule has 0 bridgehead atoms. The van der Waals surface area contributed by atoms with E-state index in [2.05, 4.69) is 21.9 Å². The fraction of sp³-hybridized carbons (Fsp3) is 0.667. The van der Waals surface area contributed by atoms with Crippen LogP contribution in [-0.2, 0) is 0 Å². The highest BCUT2D eigenvalue weighted by Crippen LogP contribution is 2.24. The Bertz CT molecular complexity index is 395. The summed E-state index contributed by atoms with van der Waals surface area (Å²) in [5.41, 5.74) is 5.74. The van der Waals surface area contributed by atoms with Crippen molar-refractivity contribution in [3.8, 4) is 0 Å². The van der Waals surface area contributed by atoms with E-state index >= 15 is 0 Å². The summed E-state index contributed by atoms with van der Waals surface area (Å²) in [4.78, 5) is 16.5. The second-order valence-corrected chi connectivity index (χ2v) is 6.06. The molecule has 0 spiro atoms. The molecule has 0 aliphatic carbocycles. The maximum absolute atomic E-state index is 11.9. The zero-order chi connectivity index (χ0) is 14.1. The van der Waals surface area contributed by atoms with E-state index < -0.39 is 0 Å². The number of thioether (sulfide) groups is 1. The number of rotatable bonds is 9. The average Bonchev–Trinajstić information content (AvgIpc) is 2.75. The summed E-state index contributed by atoms with van der Waals surface area (Å²) in [6, 6.07) is 0. The molecule has 108 valence electrons. The lowest BCUT2D eigenvalue weighted by atomic mass is 10.2. The first kappa shape index (κ1) is 16.1. The van der Waals surface area contributed by atoms with Gasteiger partial charge in [-0.2, -0.15) is 11.8 Å². The lowest BCUT2D eigenvalue weighted by molar-refractivity contribution is 0.0957. The number of carbonyl (C=O) groups is 1. The largest absolute Gasteiger partial charge is 0.382 e. The Morgan fingerprint density at radius 1 is 1.42 bits per heavy atom. The first-order chi connectivity index (χ1) is 9.19. The number of amides is 1. The molecule has 1 rings (SSSR count). The average molecular weight is 302 g/mol. The summed E-state index contributed by atoms with van der Waals surface area (Å²) in [7, 11) is 0. The summed E-state index contributed by atoms with van der Waals surface area (Å²) >= 11 is 3.16. The number of carbonyl (C=O) groups excluding carboxylic acids is 1. The van der Waals surface area contributed by atoms with E-state index in [-0.39, 0.29) is 5.91 Å². The second-order valence-electron chi connectivity index (χ2n) is 4.07. The Labute approximate surface area is 122 Å². The molecule has 0 unspecified atom stereocenters. The Balaban J connectivity index is 2.32. The van der Waals surface area contributed by atoms with Gasteiger partial charge in [0.2, 0.25) is 0 Å². The van der Waals surface area contributed by atoms with Gasteiger partial charge in [0.15, 0.2) is 5.13 Å². The van der Waals surface area contributed by atoms with Gasteiger partial charge in [-0.25, -0.2) is 4.98 Å². The van der Waals surface area contributed by atoms with Gasteiger partial charge in [-0.3, -0.25) is 4.79 Å². The summed E-state index contributed by atoms with van der Waals surface area (Å²) in [5, 5.41) is 6.65. The van der Waals surface area contributed by atoms with Crippen LogP contribution in [0, 0.1) is 0 Å². The molecule has 19 heavy (non-hydrogen) atoms. The van der Waals surface area contributed by atoms with E-state index in [9.17, 15) is 4.79 Å². The van der Waals surface area contributed by atoms with Gasteiger partial charge in [-0.05, 0) is 31.8 Å². The number of nitrogens with two attached hydrogens (primary N) is 1. The summed E-state index contributed by atoms with van der Waals surface area (Å²) < 4.78 is 0. The second kappa shape index (κ2) is 9.03. The van der Waals surface area contributed by atoms with Crippen molar-refractivity contribution in [1.29, 1.82) is 0 Å². The molecular weight excluding hydrogens is 280 g/mol. The fourth-order valence-electron chi connectivity index (χ4n) is 1.55. The maximum Gasteiger partial charge on any atom is 0.265 e. The fourth-order valence-corrected chi connectivity index (χ4v) is 2.91. The number of thiazole rings is 1. The van der Waals surface area contributed by atoms with Gasteiger partial charge in [0.25, 0.3) is 5.91 Å². The molecule has 7 heteroatoms. The standard InChI is InChI=1S/C12H22N4OS2/c1-3-14-12-16-10(13)9(19-12)11(17)15-7-5-4-6-8-18-2/h3-8,13H2,1-2H3,(H,14,16)(H,15,17). The van der Waals surface area contributed by atoms with Crippen LogP contribution in [0.3, 0.4) is 0 Å². The molecule has 4 N–H and O–H groups in total. The maximum atomic E-state index is 11.9. The molecule has 0 saturated heterocycles. The predicted octanol–water partition coefficient (Wildman–Crippen LogP) is 2.42. The highest BCUT2D eigenvalue weighted by molar-refractivity contribution is 7.98. The van der Waals surface area contributed by atoms with Crippen molar-refractivity contribution in [2.45, 2.75) is 26.2 Å². The van der Waals surface area contributed by atoms with Crippen LogP contribution in [0.2, 0.25) is 0 Å². The van der Waals surface area contributed by atoms with Crippen molar-refractivity contribution in [2.75, 3.05) is 36.1 Å². The van der Waals surface area contributed by atoms with E-state index in [0.717, 1.165) is 19.4 Å². The molecule has 0 fully saturated rings. The van der Waals surface area contributed by atoms with Gasteiger partial charge in [-0.1, -0.05) is 17.8 Å². The van der Waals surface area contributed by atoms with Crippen molar-refractivity contribution >= 4 is 40.0 Å². The molecule has 5 nitrogen and oxygen atoms in total. The van der Waals surface area contributed by atoms with Crippen LogP contribution in [-0.4, -0.2) is 36.0 Å². The number of unbranched alkanes of at least 4 members (excludes halogenated alkanes) is 2. The van der Waals surface area contributed by atoms with E-state index in [1.807, 2.05) is 18.7 Å². The number of hydrogen-bond acceptors (Lipinski definition) is 6. The van der Waals surface area contributed by atoms with Gasteiger partial charge >= 0.3 is 0 Å². The highest BCUT2D eigenvalue weighted by atomic mass is 32.2. The molecule has 0 atom stereocenters. The van der Waals surface area contributed by atoms with E-state index in [1.54, 1.807) is 0 Å². The van der Waals surface area contributed by atoms with Crippen LogP contribution in [0.5, 0.6) is 0 Å². The molecule has 0 aromatic carbocycles. The van der Waals surface area contributed by atoms with Crippen molar-refractivity contribution < 1.29 is 4.79 Å². The molecule has 1 heterocycles. The van der Waals surface area contributed by atoms with Crippen molar-refractivity contribution in [3.05, 3.63) is 4.88 Å². The van der Waals surface area contributed by atoms with Crippen LogP contribution >= 0.6 is 23.1 Å². The summed E-state index contributed by atoms with van der Waals surface area (Å²) in [5.74, 6) is 1.37. The first-order valence-electron chi connectivity index (χ1n) is 6.46. The molecule has 0 radical (unpaired) electrons.